The van der Waals surface area contributed by atoms with Gasteiger partial charge in [-0.05, 0) is 32.4 Å². The van der Waals surface area contributed by atoms with Gasteiger partial charge in [0.15, 0.2) is 0 Å². The third-order valence-corrected chi connectivity index (χ3v) is 3.64. The zero-order valence-corrected chi connectivity index (χ0v) is 13.0. The fraction of sp³-hybridized carbons (Fsp3) is 0.412. The van der Waals surface area contributed by atoms with Crippen LogP contribution in [0.3, 0.4) is 0 Å². The van der Waals surface area contributed by atoms with Gasteiger partial charge in [0.2, 0.25) is 5.88 Å². The molecule has 112 valence electrons. The van der Waals surface area contributed by atoms with Crippen molar-refractivity contribution in [2.45, 2.75) is 32.2 Å². The average Bonchev–Trinajstić information content (AvgIpc) is 2.51. The molecule has 21 heavy (non-hydrogen) atoms. The van der Waals surface area contributed by atoms with E-state index in [2.05, 4.69) is 46.5 Å². The van der Waals surface area contributed by atoms with Gasteiger partial charge in [0.25, 0.3) is 0 Å². The third-order valence-electron chi connectivity index (χ3n) is 3.64. The molecule has 4 nitrogen and oxygen atoms in total. The number of hydrogen-bond donors (Lipinski definition) is 1. The first kappa shape index (κ1) is 15.4. The van der Waals surface area contributed by atoms with Crippen LogP contribution in [0.25, 0.3) is 0 Å². The molecule has 0 fully saturated rings. The van der Waals surface area contributed by atoms with Crippen molar-refractivity contribution in [2.75, 3.05) is 14.2 Å². The molecule has 0 bridgehead atoms. The Hall–Kier alpha value is -1.94. The summed E-state index contributed by atoms with van der Waals surface area (Å²) in [5.41, 5.74) is 3.70. The number of nitrogens with one attached hydrogen (secondary N) is 1. The van der Waals surface area contributed by atoms with Gasteiger partial charge in [-0.3, -0.25) is 0 Å². The van der Waals surface area contributed by atoms with E-state index in [9.17, 15) is 0 Å². The van der Waals surface area contributed by atoms with E-state index < -0.39 is 0 Å². The second-order valence-electron chi connectivity index (χ2n) is 5.27. The van der Waals surface area contributed by atoms with Crippen molar-refractivity contribution < 1.29 is 4.74 Å². The second-order valence-corrected chi connectivity index (χ2v) is 5.27. The lowest BCUT2D eigenvalue weighted by molar-refractivity contribution is 0.395. The zero-order valence-electron chi connectivity index (χ0n) is 13.0. The molecule has 1 N–H and O–H groups in total. The van der Waals surface area contributed by atoms with Crippen LogP contribution in [0.15, 0.2) is 36.7 Å². The summed E-state index contributed by atoms with van der Waals surface area (Å²) < 4.78 is 5.14. The Morgan fingerprint density at radius 1 is 1.24 bits per heavy atom. The van der Waals surface area contributed by atoms with E-state index in [1.807, 2.05) is 13.1 Å². The molecule has 1 heterocycles. The maximum Gasteiger partial charge on any atom is 0.216 e. The van der Waals surface area contributed by atoms with Gasteiger partial charge in [0.05, 0.1) is 7.11 Å². The SMILES string of the molecule is CNC(CCc1cccc(C)c1)Cc1cc(OC)ncn1. The van der Waals surface area contributed by atoms with Crippen LogP contribution in [0.1, 0.15) is 23.2 Å². The number of ether oxygens (including phenoxy) is 1. The minimum atomic E-state index is 0.394. The standard InChI is InChI=1S/C17H23N3O/c1-13-5-4-6-14(9-13)7-8-15(18-2)10-16-11-17(21-3)20-12-19-16/h4-6,9,11-12,15,18H,7-8,10H2,1-3H3. The van der Waals surface area contributed by atoms with Gasteiger partial charge >= 0.3 is 0 Å². The Morgan fingerprint density at radius 3 is 2.81 bits per heavy atom. The summed E-state index contributed by atoms with van der Waals surface area (Å²) in [5, 5.41) is 3.37. The molecular weight excluding hydrogens is 262 g/mol. The Balaban J connectivity index is 1.93. The number of hydrogen-bond acceptors (Lipinski definition) is 4. The van der Waals surface area contributed by atoms with Crippen LogP contribution in [-0.2, 0) is 12.8 Å². The highest BCUT2D eigenvalue weighted by Gasteiger charge is 2.10. The molecule has 2 aromatic rings. The highest BCUT2D eigenvalue weighted by molar-refractivity contribution is 5.22. The Labute approximate surface area is 126 Å². The third kappa shape index (κ3) is 4.83. The summed E-state index contributed by atoms with van der Waals surface area (Å²) in [6, 6.07) is 11.0. The van der Waals surface area contributed by atoms with Crippen molar-refractivity contribution in [1.29, 1.82) is 0 Å². The number of benzene rings is 1. The van der Waals surface area contributed by atoms with Crippen molar-refractivity contribution >= 4 is 0 Å². The summed E-state index contributed by atoms with van der Waals surface area (Å²) in [4.78, 5) is 8.35. The first-order chi connectivity index (χ1) is 10.2. The van der Waals surface area contributed by atoms with Gasteiger partial charge in [-0.1, -0.05) is 29.8 Å². The summed E-state index contributed by atoms with van der Waals surface area (Å²) >= 11 is 0. The van der Waals surface area contributed by atoms with Gasteiger partial charge in [-0.15, -0.1) is 0 Å². The van der Waals surface area contributed by atoms with E-state index in [1.165, 1.54) is 11.1 Å². The largest absolute Gasteiger partial charge is 0.481 e. The zero-order chi connectivity index (χ0) is 15.1. The maximum atomic E-state index is 5.14. The van der Waals surface area contributed by atoms with Crippen LogP contribution in [0.5, 0.6) is 5.88 Å². The molecule has 0 aliphatic rings. The molecule has 1 aromatic carbocycles. The number of aryl methyl sites for hydroxylation is 2. The molecular formula is C17H23N3O. The van der Waals surface area contributed by atoms with E-state index in [4.69, 9.17) is 4.74 Å². The van der Waals surface area contributed by atoms with Crippen molar-refractivity contribution in [3.8, 4) is 5.88 Å². The predicted molar refractivity (Wildman–Crippen MR) is 84.6 cm³/mol. The molecule has 1 unspecified atom stereocenters. The lowest BCUT2D eigenvalue weighted by Gasteiger charge is -2.16. The molecule has 4 heteroatoms. The minimum Gasteiger partial charge on any atom is -0.481 e. The average molecular weight is 285 g/mol. The summed E-state index contributed by atoms with van der Waals surface area (Å²) in [6.45, 7) is 2.13. The van der Waals surface area contributed by atoms with Crippen LogP contribution in [0.4, 0.5) is 0 Å². The first-order valence-electron chi connectivity index (χ1n) is 7.29. The summed E-state index contributed by atoms with van der Waals surface area (Å²) in [6.07, 6.45) is 4.57. The van der Waals surface area contributed by atoms with Crippen LogP contribution in [0, 0.1) is 6.92 Å². The summed E-state index contributed by atoms with van der Waals surface area (Å²) in [7, 11) is 3.62. The number of rotatable bonds is 7. The van der Waals surface area contributed by atoms with Crippen molar-refractivity contribution in [3.05, 3.63) is 53.5 Å². The Morgan fingerprint density at radius 2 is 2.10 bits per heavy atom. The second kappa shape index (κ2) is 7.74. The van der Waals surface area contributed by atoms with Crippen LogP contribution in [0.2, 0.25) is 0 Å². The van der Waals surface area contributed by atoms with Gasteiger partial charge in [0, 0.05) is 24.2 Å². The number of methoxy groups -OCH3 is 1. The molecule has 0 aliphatic carbocycles. The van der Waals surface area contributed by atoms with E-state index in [0.29, 0.717) is 11.9 Å². The van der Waals surface area contributed by atoms with Crippen LogP contribution < -0.4 is 10.1 Å². The highest BCUT2D eigenvalue weighted by atomic mass is 16.5. The number of likely N-dealkylation sites (N-methyl/N-ethyl adjacent to an activating group) is 1. The lowest BCUT2D eigenvalue weighted by Crippen LogP contribution is -2.28. The van der Waals surface area contributed by atoms with Crippen molar-refractivity contribution in [1.82, 2.24) is 15.3 Å². The Bertz CT molecular complexity index is 571. The topological polar surface area (TPSA) is 47.0 Å². The minimum absolute atomic E-state index is 0.394. The molecule has 1 atom stereocenters. The molecule has 0 radical (unpaired) electrons. The molecule has 0 saturated heterocycles. The molecule has 0 spiro atoms. The molecule has 0 aliphatic heterocycles. The quantitative estimate of drug-likeness (QED) is 0.849. The van der Waals surface area contributed by atoms with E-state index in [-0.39, 0.29) is 0 Å². The predicted octanol–water partition coefficient (Wildman–Crippen LogP) is 2.56. The van der Waals surface area contributed by atoms with E-state index in [0.717, 1.165) is 25.0 Å². The lowest BCUT2D eigenvalue weighted by atomic mass is 10.0. The maximum absolute atomic E-state index is 5.14. The molecule has 0 saturated carbocycles. The van der Waals surface area contributed by atoms with Crippen LogP contribution >= 0.6 is 0 Å². The monoisotopic (exact) mass is 285 g/mol. The molecule has 2 rings (SSSR count). The number of aromatic nitrogens is 2. The van der Waals surface area contributed by atoms with Gasteiger partial charge in [0.1, 0.15) is 6.33 Å². The van der Waals surface area contributed by atoms with E-state index >= 15 is 0 Å². The van der Waals surface area contributed by atoms with E-state index in [1.54, 1.807) is 13.4 Å². The Kier molecular flexibility index (Phi) is 5.69. The normalized spacial score (nSPS) is 12.1. The van der Waals surface area contributed by atoms with Gasteiger partial charge < -0.3 is 10.1 Å². The molecule has 1 aromatic heterocycles. The summed E-state index contributed by atoms with van der Waals surface area (Å²) in [5.74, 6) is 0.619. The van der Waals surface area contributed by atoms with Crippen LogP contribution in [-0.4, -0.2) is 30.2 Å². The number of nitrogens with zero attached hydrogens (tertiary/aromatic N) is 2. The van der Waals surface area contributed by atoms with Crippen molar-refractivity contribution in [3.63, 3.8) is 0 Å². The van der Waals surface area contributed by atoms with Gasteiger partial charge in [-0.2, -0.15) is 0 Å². The van der Waals surface area contributed by atoms with Gasteiger partial charge in [-0.25, -0.2) is 9.97 Å². The molecule has 0 amide bonds. The smallest absolute Gasteiger partial charge is 0.216 e. The highest BCUT2D eigenvalue weighted by Crippen LogP contribution is 2.12. The first-order valence-corrected chi connectivity index (χ1v) is 7.29. The van der Waals surface area contributed by atoms with Crippen molar-refractivity contribution in [2.24, 2.45) is 0 Å². The fourth-order valence-corrected chi connectivity index (χ4v) is 2.41. The fourth-order valence-electron chi connectivity index (χ4n) is 2.41.